The molecule has 2 aromatic carbocycles. The maximum Gasteiger partial charge on any atom is 0.421 e. The Bertz CT molecular complexity index is 1280. The third kappa shape index (κ3) is 3.64. The standard InChI is InChI=1S/C23H19F3N6/c1-4-31(3)16-10-11-18(14(2)12-16)28-22-19(23(24,25)26)17(13-27)21-29-20(30-32(21)22)15-8-6-5-7-9-15/h5-12H,4H2,1-3H3. The fourth-order valence-electron chi connectivity index (χ4n) is 3.44. The largest absolute Gasteiger partial charge is 0.421 e. The topological polar surface area (TPSA) is 70.1 Å². The first-order chi connectivity index (χ1) is 15.2. The SMILES string of the molecule is CCN(C)c1ccc(N=C2C(C(F)(F)F)=C(C#N)c3nc(-c4ccccc4)nn32)c(C)c1. The Morgan fingerprint density at radius 3 is 2.47 bits per heavy atom. The number of hydrogen-bond donors (Lipinski definition) is 0. The van der Waals surface area contributed by atoms with Crippen molar-refractivity contribution in [2.75, 3.05) is 18.5 Å². The van der Waals surface area contributed by atoms with Gasteiger partial charge in [-0.05, 0) is 37.6 Å². The molecule has 0 radical (unpaired) electrons. The lowest BCUT2D eigenvalue weighted by atomic mass is 10.1. The summed E-state index contributed by atoms with van der Waals surface area (Å²) in [7, 11) is 1.92. The highest BCUT2D eigenvalue weighted by molar-refractivity contribution is 6.15. The van der Waals surface area contributed by atoms with Crippen LogP contribution in [0.15, 0.2) is 59.1 Å². The van der Waals surface area contributed by atoms with Crippen LogP contribution in [0, 0.1) is 18.3 Å². The van der Waals surface area contributed by atoms with Crippen LogP contribution in [0.5, 0.6) is 0 Å². The minimum Gasteiger partial charge on any atom is -0.375 e. The van der Waals surface area contributed by atoms with Gasteiger partial charge in [-0.2, -0.15) is 23.1 Å². The Balaban J connectivity index is 1.90. The van der Waals surface area contributed by atoms with Gasteiger partial charge in [-0.3, -0.25) is 0 Å². The molecular weight excluding hydrogens is 417 g/mol. The first-order valence-corrected chi connectivity index (χ1v) is 9.90. The molecule has 0 saturated heterocycles. The van der Waals surface area contributed by atoms with Gasteiger partial charge >= 0.3 is 6.18 Å². The van der Waals surface area contributed by atoms with Gasteiger partial charge in [0, 0.05) is 24.8 Å². The molecule has 1 aliphatic heterocycles. The molecule has 0 spiro atoms. The molecule has 1 aromatic heterocycles. The third-order valence-corrected chi connectivity index (χ3v) is 5.25. The van der Waals surface area contributed by atoms with Gasteiger partial charge in [0.15, 0.2) is 17.5 Å². The molecule has 0 saturated carbocycles. The van der Waals surface area contributed by atoms with E-state index < -0.39 is 23.2 Å². The maximum absolute atomic E-state index is 14.0. The average molecular weight is 436 g/mol. The zero-order chi connectivity index (χ0) is 23.0. The predicted octanol–water partition coefficient (Wildman–Crippen LogP) is 5.14. The van der Waals surface area contributed by atoms with Crippen LogP contribution in [-0.2, 0) is 0 Å². The van der Waals surface area contributed by atoms with E-state index in [1.807, 2.05) is 31.0 Å². The van der Waals surface area contributed by atoms with Crippen LogP contribution in [0.2, 0.25) is 0 Å². The zero-order valence-electron chi connectivity index (χ0n) is 17.6. The fraction of sp³-hybridized carbons (Fsp3) is 0.217. The number of aromatic nitrogens is 3. The first-order valence-electron chi connectivity index (χ1n) is 9.90. The van der Waals surface area contributed by atoms with Gasteiger partial charge in [-0.1, -0.05) is 30.3 Å². The summed E-state index contributed by atoms with van der Waals surface area (Å²) in [5.74, 6) is -0.408. The van der Waals surface area contributed by atoms with Crippen molar-refractivity contribution in [3.8, 4) is 17.5 Å². The van der Waals surface area contributed by atoms with Crippen molar-refractivity contribution in [2.45, 2.75) is 20.0 Å². The highest BCUT2D eigenvalue weighted by Gasteiger charge is 2.47. The van der Waals surface area contributed by atoms with Gasteiger partial charge in [0.1, 0.15) is 17.2 Å². The monoisotopic (exact) mass is 436 g/mol. The summed E-state index contributed by atoms with van der Waals surface area (Å²) in [4.78, 5) is 10.5. The minimum atomic E-state index is -4.80. The lowest BCUT2D eigenvalue weighted by molar-refractivity contribution is -0.0854. The van der Waals surface area contributed by atoms with Crippen molar-refractivity contribution in [3.05, 3.63) is 65.5 Å². The number of fused-ring (bicyclic) bond motifs is 1. The number of nitriles is 1. The van der Waals surface area contributed by atoms with Crippen molar-refractivity contribution < 1.29 is 13.2 Å². The van der Waals surface area contributed by atoms with Crippen molar-refractivity contribution in [1.29, 1.82) is 5.26 Å². The second-order valence-electron chi connectivity index (χ2n) is 7.32. The molecule has 0 fully saturated rings. The number of alkyl halides is 3. The van der Waals surface area contributed by atoms with Crippen molar-refractivity contribution in [1.82, 2.24) is 14.8 Å². The van der Waals surface area contributed by atoms with Crippen LogP contribution in [-0.4, -0.2) is 40.4 Å². The van der Waals surface area contributed by atoms with Gasteiger partial charge in [0.25, 0.3) is 0 Å². The van der Waals surface area contributed by atoms with Gasteiger partial charge in [-0.25, -0.2) is 9.98 Å². The number of rotatable bonds is 4. The average Bonchev–Trinajstić information content (AvgIpc) is 3.32. The summed E-state index contributed by atoms with van der Waals surface area (Å²) >= 11 is 0. The fourth-order valence-corrected chi connectivity index (χ4v) is 3.44. The van der Waals surface area contributed by atoms with E-state index >= 15 is 0 Å². The lowest BCUT2D eigenvalue weighted by Crippen LogP contribution is -2.23. The van der Waals surface area contributed by atoms with Crippen molar-refractivity contribution in [2.24, 2.45) is 4.99 Å². The van der Waals surface area contributed by atoms with Crippen LogP contribution in [0.25, 0.3) is 17.0 Å². The Morgan fingerprint density at radius 1 is 1.16 bits per heavy atom. The summed E-state index contributed by atoms with van der Waals surface area (Å²) in [6.07, 6.45) is -4.80. The Kier molecular flexibility index (Phi) is 5.30. The van der Waals surface area contributed by atoms with Crippen molar-refractivity contribution in [3.63, 3.8) is 0 Å². The molecular formula is C23H19F3N6. The molecule has 2 heterocycles. The van der Waals surface area contributed by atoms with E-state index in [9.17, 15) is 18.4 Å². The summed E-state index contributed by atoms with van der Waals surface area (Å²) in [5, 5.41) is 13.8. The van der Waals surface area contributed by atoms with E-state index in [-0.39, 0.29) is 11.6 Å². The minimum absolute atomic E-state index is 0.169. The smallest absolute Gasteiger partial charge is 0.375 e. The van der Waals surface area contributed by atoms with Crippen molar-refractivity contribution >= 4 is 22.8 Å². The Morgan fingerprint density at radius 2 is 1.88 bits per heavy atom. The lowest BCUT2D eigenvalue weighted by Gasteiger charge is -2.18. The molecule has 9 heteroatoms. The van der Waals surface area contributed by atoms with Crippen LogP contribution in [0.3, 0.4) is 0 Å². The maximum atomic E-state index is 14.0. The second kappa shape index (κ2) is 7.96. The third-order valence-electron chi connectivity index (χ3n) is 5.25. The van der Waals surface area contributed by atoms with Crippen LogP contribution in [0.4, 0.5) is 24.5 Å². The van der Waals surface area contributed by atoms with Crippen LogP contribution < -0.4 is 4.90 Å². The van der Waals surface area contributed by atoms with Crippen LogP contribution >= 0.6 is 0 Å². The first kappa shape index (κ1) is 21.3. The molecule has 6 nitrogen and oxygen atoms in total. The highest BCUT2D eigenvalue weighted by Crippen LogP contribution is 2.39. The number of allylic oxidation sites excluding steroid dienone is 2. The number of anilines is 1. The van der Waals surface area contributed by atoms with E-state index in [1.54, 1.807) is 49.4 Å². The Hall–Kier alpha value is -3.93. The predicted molar refractivity (Wildman–Crippen MR) is 117 cm³/mol. The van der Waals surface area contributed by atoms with Gasteiger partial charge in [-0.15, -0.1) is 5.10 Å². The Labute approximate surface area is 183 Å². The number of hydrogen-bond acceptors (Lipinski definition) is 5. The molecule has 32 heavy (non-hydrogen) atoms. The summed E-state index contributed by atoms with van der Waals surface area (Å²) in [5.41, 5.74) is 0.888. The number of aliphatic imine (C=N–C) groups is 1. The second-order valence-corrected chi connectivity index (χ2v) is 7.32. The number of nitrogens with zero attached hydrogens (tertiary/aromatic N) is 6. The van der Waals surface area contributed by atoms with Gasteiger partial charge in [0.05, 0.1) is 5.69 Å². The van der Waals surface area contributed by atoms with Crippen LogP contribution in [0.1, 0.15) is 18.3 Å². The molecule has 0 N–H and O–H groups in total. The van der Waals surface area contributed by atoms with Gasteiger partial charge in [0.2, 0.25) is 0 Å². The number of aryl methyl sites for hydroxylation is 1. The number of benzene rings is 2. The molecule has 3 aromatic rings. The van der Waals surface area contributed by atoms with E-state index in [4.69, 9.17) is 0 Å². The molecule has 0 bridgehead atoms. The molecule has 4 rings (SSSR count). The van der Waals surface area contributed by atoms with E-state index in [1.165, 1.54) is 0 Å². The highest BCUT2D eigenvalue weighted by atomic mass is 19.4. The summed E-state index contributed by atoms with van der Waals surface area (Å²) in [6, 6.07) is 15.8. The molecule has 0 atom stereocenters. The summed E-state index contributed by atoms with van der Waals surface area (Å²) in [6.45, 7) is 4.56. The van der Waals surface area contributed by atoms with E-state index in [0.29, 0.717) is 16.8 Å². The summed E-state index contributed by atoms with van der Waals surface area (Å²) < 4.78 is 42.9. The quantitative estimate of drug-likeness (QED) is 0.568. The molecule has 1 aliphatic rings. The van der Waals surface area contributed by atoms with E-state index in [0.717, 1.165) is 16.9 Å². The molecule has 162 valence electrons. The molecule has 0 unspecified atom stereocenters. The van der Waals surface area contributed by atoms with E-state index in [2.05, 4.69) is 15.1 Å². The normalized spacial score (nSPS) is 14.6. The molecule has 0 amide bonds. The zero-order valence-corrected chi connectivity index (χ0v) is 17.6. The number of halogens is 3. The molecule has 0 aliphatic carbocycles. The van der Waals surface area contributed by atoms with Gasteiger partial charge < -0.3 is 4.90 Å².